The molecule has 21 heavy (non-hydrogen) atoms. The molecule has 4 N–H and O–H groups in total. The first-order valence-electron chi connectivity index (χ1n) is 7.20. The van der Waals surface area contributed by atoms with Crippen molar-refractivity contribution in [2.75, 3.05) is 24.0 Å². The highest BCUT2D eigenvalue weighted by Gasteiger charge is 2.15. The number of unbranched alkanes of at least 4 members (excludes halogenated alkanes) is 2. The predicted octanol–water partition coefficient (Wildman–Crippen LogP) is 2.15. The van der Waals surface area contributed by atoms with Crippen LogP contribution < -0.4 is 16.6 Å². The SMILES string of the molecule is CSCCCCCNC(=O)c1nc(C(C)C)ncc1NN. The molecular formula is C14H25N5OS. The maximum absolute atomic E-state index is 12.2. The van der Waals surface area contributed by atoms with Crippen molar-refractivity contribution in [3.63, 3.8) is 0 Å². The number of rotatable bonds is 9. The molecule has 0 aliphatic rings. The standard InChI is InChI=1S/C14H25N5OS/c1-10(2)13-17-9-11(19-15)12(18-13)14(20)16-7-5-4-6-8-21-3/h9-10,19H,4-8,15H2,1-3H3,(H,16,20). The number of aromatic nitrogens is 2. The van der Waals surface area contributed by atoms with Gasteiger partial charge >= 0.3 is 0 Å². The first kappa shape index (κ1) is 17.7. The minimum atomic E-state index is -0.211. The third kappa shape index (κ3) is 5.89. The maximum atomic E-state index is 12.2. The van der Waals surface area contributed by atoms with Crippen LogP contribution in [0.3, 0.4) is 0 Å². The molecule has 6 nitrogen and oxygen atoms in total. The summed E-state index contributed by atoms with van der Waals surface area (Å²) in [4.78, 5) is 20.7. The van der Waals surface area contributed by atoms with E-state index in [1.165, 1.54) is 12.2 Å². The van der Waals surface area contributed by atoms with E-state index in [1.54, 1.807) is 6.20 Å². The highest BCUT2D eigenvalue weighted by Crippen LogP contribution is 2.15. The molecule has 1 aromatic rings. The van der Waals surface area contributed by atoms with E-state index in [9.17, 15) is 4.79 Å². The van der Waals surface area contributed by atoms with E-state index < -0.39 is 0 Å². The van der Waals surface area contributed by atoms with Gasteiger partial charge in [-0.3, -0.25) is 10.6 Å². The van der Waals surface area contributed by atoms with Crippen molar-refractivity contribution in [3.8, 4) is 0 Å². The second-order valence-corrected chi connectivity index (χ2v) is 6.08. The van der Waals surface area contributed by atoms with Crippen LogP contribution in [0.5, 0.6) is 0 Å². The summed E-state index contributed by atoms with van der Waals surface area (Å²) in [6, 6.07) is 0. The lowest BCUT2D eigenvalue weighted by atomic mass is 10.2. The number of nitrogens with two attached hydrogens (primary N) is 1. The lowest BCUT2D eigenvalue weighted by Gasteiger charge is -2.11. The molecule has 0 unspecified atom stereocenters. The van der Waals surface area contributed by atoms with Crippen LogP contribution in [0.1, 0.15) is 55.3 Å². The van der Waals surface area contributed by atoms with E-state index in [0.717, 1.165) is 12.8 Å². The number of carbonyl (C=O) groups is 1. The summed E-state index contributed by atoms with van der Waals surface area (Å²) in [6.07, 6.45) is 6.92. The van der Waals surface area contributed by atoms with Gasteiger partial charge in [0, 0.05) is 12.5 Å². The van der Waals surface area contributed by atoms with Crippen LogP contribution >= 0.6 is 11.8 Å². The Hall–Kier alpha value is -1.34. The molecular weight excluding hydrogens is 286 g/mol. The predicted molar refractivity (Wildman–Crippen MR) is 88.5 cm³/mol. The fourth-order valence-electron chi connectivity index (χ4n) is 1.79. The van der Waals surface area contributed by atoms with E-state index in [2.05, 4.69) is 27.0 Å². The molecule has 0 radical (unpaired) electrons. The van der Waals surface area contributed by atoms with Crippen LogP contribution in [-0.2, 0) is 0 Å². The number of nitrogens with one attached hydrogen (secondary N) is 2. The van der Waals surface area contributed by atoms with Gasteiger partial charge in [-0.15, -0.1) is 0 Å². The topological polar surface area (TPSA) is 92.9 Å². The fourth-order valence-corrected chi connectivity index (χ4v) is 2.28. The molecule has 1 amide bonds. The molecule has 0 atom stereocenters. The number of anilines is 1. The molecule has 118 valence electrons. The molecule has 1 heterocycles. The minimum Gasteiger partial charge on any atom is -0.351 e. The van der Waals surface area contributed by atoms with Gasteiger partial charge in [0.2, 0.25) is 0 Å². The highest BCUT2D eigenvalue weighted by molar-refractivity contribution is 7.98. The Kier molecular flexibility index (Phi) is 8.07. The summed E-state index contributed by atoms with van der Waals surface area (Å²) in [6.45, 7) is 4.62. The lowest BCUT2D eigenvalue weighted by molar-refractivity contribution is 0.0948. The van der Waals surface area contributed by atoms with Crippen molar-refractivity contribution in [2.45, 2.75) is 39.0 Å². The molecule has 0 saturated heterocycles. The fraction of sp³-hybridized carbons (Fsp3) is 0.643. The van der Waals surface area contributed by atoms with Gasteiger partial charge in [-0.25, -0.2) is 9.97 Å². The zero-order valence-corrected chi connectivity index (χ0v) is 13.8. The van der Waals surface area contributed by atoms with E-state index in [1.807, 2.05) is 25.6 Å². The average molecular weight is 311 g/mol. The zero-order chi connectivity index (χ0) is 15.7. The molecule has 1 aromatic heterocycles. The largest absolute Gasteiger partial charge is 0.351 e. The van der Waals surface area contributed by atoms with Gasteiger partial charge in [0.15, 0.2) is 5.69 Å². The van der Waals surface area contributed by atoms with Gasteiger partial charge < -0.3 is 10.7 Å². The number of hydrogen-bond donors (Lipinski definition) is 3. The van der Waals surface area contributed by atoms with Crippen LogP contribution in [0.15, 0.2) is 6.20 Å². The molecule has 0 aliphatic carbocycles. The van der Waals surface area contributed by atoms with Gasteiger partial charge in [0.05, 0.1) is 11.9 Å². The van der Waals surface area contributed by atoms with Crippen LogP contribution in [-0.4, -0.2) is 34.4 Å². The van der Waals surface area contributed by atoms with Gasteiger partial charge in [-0.1, -0.05) is 20.3 Å². The third-order valence-corrected chi connectivity index (χ3v) is 3.70. The summed E-state index contributed by atoms with van der Waals surface area (Å²) in [5, 5.41) is 2.89. The summed E-state index contributed by atoms with van der Waals surface area (Å²) in [5.41, 5.74) is 3.22. The van der Waals surface area contributed by atoms with E-state index in [-0.39, 0.29) is 11.8 Å². The number of amides is 1. The van der Waals surface area contributed by atoms with Gasteiger partial charge in [-0.05, 0) is 24.9 Å². The highest BCUT2D eigenvalue weighted by atomic mass is 32.2. The number of nitrogens with zero attached hydrogens (tertiary/aromatic N) is 2. The molecule has 0 bridgehead atoms. The van der Waals surface area contributed by atoms with Crippen molar-refractivity contribution in [1.29, 1.82) is 0 Å². The Balaban J connectivity index is 2.57. The Morgan fingerprint density at radius 1 is 1.38 bits per heavy atom. The molecule has 0 saturated carbocycles. The number of thioether (sulfide) groups is 1. The Morgan fingerprint density at radius 2 is 2.14 bits per heavy atom. The van der Waals surface area contributed by atoms with Gasteiger partial charge in [0.1, 0.15) is 5.82 Å². The first-order valence-corrected chi connectivity index (χ1v) is 8.60. The maximum Gasteiger partial charge on any atom is 0.272 e. The molecule has 0 spiro atoms. The van der Waals surface area contributed by atoms with Crippen molar-refractivity contribution < 1.29 is 4.79 Å². The summed E-state index contributed by atoms with van der Waals surface area (Å²) in [5.74, 6) is 7.17. The number of carbonyl (C=O) groups excluding carboxylic acids is 1. The Morgan fingerprint density at radius 3 is 2.76 bits per heavy atom. The van der Waals surface area contributed by atoms with Crippen LogP contribution in [0.2, 0.25) is 0 Å². The van der Waals surface area contributed by atoms with Crippen molar-refractivity contribution >= 4 is 23.4 Å². The molecule has 0 aromatic carbocycles. The first-order chi connectivity index (χ1) is 10.1. The Labute approximate surface area is 130 Å². The smallest absolute Gasteiger partial charge is 0.272 e. The van der Waals surface area contributed by atoms with Gasteiger partial charge in [0.25, 0.3) is 5.91 Å². The normalized spacial score (nSPS) is 10.7. The monoisotopic (exact) mass is 311 g/mol. The quantitative estimate of drug-likeness (QED) is 0.367. The molecule has 1 rings (SSSR count). The Bertz CT molecular complexity index is 453. The average Bonchev–Trinajstić information content (AvgIpc) is 2.49. The van der Waals surface area contributed by atoms with Crippen molar-refractivity contribution in [2.24, 2.45) is 5.84 Å². The second-order valence-electron chi connectivity index (χ2n) is 5.10. The lowest BCUT2D eigenvalue weighted by Crippen LogP contribution is -2.28. The van der Waals surface area contributed by atoms with Crippen molar-refractivity contribution in [1.82, 2.24) is 15.3 Å². The zero-order valence-electron chi connectivity index (χ0n) is 13.0. The number of hydrazine groups is 1. The molecule has 7 heteroatoms. The van der Waals surface area contributed by atoms with Crippen LogP contribution in [0.4, 0.5) is 5.69 Å². The summed E-state index contributed by atoms with van der Waals surface area (Å²) >= 11 is 1.85. The summed E-state index contributed by atoms with van der Waals surface area (Å²) in [7, 11) is 0. The number of hydrogen-bond acceptors (Lipinski definition) is 6. The number of nitrogen functional groups attached to an aromatic ring is 1. The van der Waals surface area contributed by atoms with E-state index in [4.69, 9.17) is 5.84 Å². The minimum absolute atomic E-state index is 0.162. The third-order valence-electron chi connectivity index (χ3n) is 3.01. The molecule has 0 fully saturated rings. The van der Waals surface area contributed by atoms with Crippen LogP contribution in [0, 0.1) is 0 Å². The van der Waals surface area contributed by atoms with E-state index in [0.29, 0.717) is 23.8 Å². The molecule has 0 aliphatic heterocycles. The van der Waals surface area contributed by atoms with Gasteiger partial charge in [-0.2, -0.15) is 11.8 Å². The van der Waals surface area contributed by atoms with Crippen molar-refractivity contribution in [3.05, 3.63) is 17.7 Å². The van der Waals surface area contributed by atoms with Crippen LogP contribution in [0.25, 0.3) is 0 Å². The summed E-state index contributed by atoms with van der Waals surface area (Å²) < 4.78 is 0. The van der Waals surface area contributed by atoms with E-state index >= 15 is 0 Å². The second kappa shape index (κ2) is 9.57.